The lowest BCUT2D eigenvalue weighted by Crippen LogP contribution is -2.17. The van der Waals surface area contributed by atoms with Crippen LogP contribution in [0.5, 0.6) is 11.6 Å². The SMILES string of the molecule is C=C(NOCCOc1ccc(Cc2sc(=O)[nH]c2O)cc1)c1ccc(-c2ccccc2)nc1. The van der Waals surface area contributed by atoms with Crippen LogP contribution in [0, 0.1) is 0 Å². The van der Waals surface area contributed by atoms with Crippen molar-refractivity contribution in [3.63, 3.8) is 0 Å². The molecule has 7 nitrogen and oxygen atoms in total. The highest BCUT2D eigenvalue weighted by atomic mass is 32.1. The summed E-state index contributed by atoms with van der Waals surface area (Å²) in [5.41, 5.74) is 7.20. The first kappa shape index (κ1) is 22.3. The first-order valence-electron chi connectivity index (χ1n) is 10.3. The molecule has 0 saturated carbocycles. The molecule has 0 saturated heterocycles. The smallest absolute Gasteiger partial charge is 0.307 e. The summed E-state index contributed by atoms with van der Waals surface area (Å²) in [5, 5.41) is 9.69. The molecule has 0 amide bonds. The number of hydrogen-bond donors (Lipinski definition) is 3. The van der Waals surface area contributed by atoms with E-state index in [2.05, 4.69) is 22.0 Å². The van der Waals surface area contributed by atoms with Crippen LogP contribution in [0.15, 0.2) is 84.3 Å². The van der Waals surface area contributed by atoms with Gasteiger partial charge in [-0.15, -0.1) is 0 Å². The van der Waals surface area contributed by atoms with Crippen LogP contribution in [-0.2, 0) is 11.3 Å². The van der Waals surface area contributed by atoms with Gasteiger partial charge in [0.15, 0.2) is 0 Å². The van der Waals surface area contributed by atoms with Gasteiger partial charge in [-0.2, -0.15) is 0 Å². The number of aromatic nitrogens is 2. The first-order chi connectivity index (χ1) is 16.1. The Morgan fingerprint density at radius 1 is 1.06 bits per heavy atom. The molecule has 4 rings (SSSR count). The topological polar surface area (TPSA) is 96.5 Å². The normalized spacial score (nSPS) is 10.7. The van der Waals surface area contributed by atoms with Gasteiger partial charge in [-0.25, -0.2) is 0 Å². The van der Waals surface area contributed by atoms with Crippen LogP contribution in [0.25, 0.3) is 17.0 Å². The number of aromatic hydroxyl groups is 1. The van der Waals surface area contributed by atoms with Crippen molar-refractivity contribution in [2.45, 2.75) is 6.42 Å². The molecule has 0 radical (unpaired) electrons. The van der Waals surface area contributed by atoms with E-state index in [4.69, 9.17) is 9.57 Å². The molecule has 0 aliphatic rings. The molecule has 0 unspecified atom stereocenters. The number of nitrogens with one attached hydrogen (secondary N) is 2. The maximum absolute atomic E-state index is 11.3. The second kappa shape index (κ2) is 10.6. The average Bonchev–Trinajstić information content (AvgIpc) is 3.16. The fourth-order valence-corrected chi connectivity index (χ4v) is 3.87. The van der Waals surface area contributed by atoms with Crippen molar-refractivity contribution in [2.24, 2.45) is 0 Å². The number of pyridine rings is 1. The van der Waals surface area contributed by atoms with Crippen molar-refractivity contribution < 1.29 is 14.7 Å². The van der Waals surface area contributed by atoms with Crippen molar-refractivity contribution in [3.8, 4) is 22.9 Å². The molecule has 0 aliphatic carbocycles. The van der Waals surface area contributed by atoms with Gasteiger partial charge in [0.25, 0.3) is 0 Å². The zero-order chi connectivity index (χ0) is 23.0. The summed E-state index contributed by atoms with van der Waals surface area (Å²) in [4.78, 5) is 23.9. The average molecular weight is 462 g/mol. The Balaban J connectivity index is 1.18. The number of thiazole rings is 1. The van der Waals surface area contributed by atoms with Crippen molar-refractivity contribution in [1.82, 2.24) is 15.4 Å². The van der Waals surface area contributed by atoms with Gasteiger partial charge in [-0.3, -0.25) is 25.1 Å². The van der Waals surface area contributed by atoms with Crippen LogP contribution in [-0.4, -0.2) is 28.3 Å². The van der Waals surface area contributed by atoms with Gasteiger partial charge in [0.05, 0.1) is 16.3 Å². The Bertz CT molecular complexity index is 1250. The molecule has 0 aliphatic heterocycles. The Labute approximate surface area is 195 Å². The molecule has 33 heavy (non-hydrogen) atoms. The zero-order valence-electron chi connectivity index (χ0n) is 17.8. The number of nitrogens with zero attached hydrogens (tertiary/aromatic N) is 1. The molecule has 0 fully saturated rings. The molecule has 0 atom stereocenters. The van der Waals surface area contributed by atoms with Gasteiger partial charge < -0.3 is 9.84 Å². The molecular formula is C25H23N3O4S. The number of H-pyrrole nitrogens is 1. The first-order valence-corrected chi connectivity index (χ1v) is 11.1. The van der Waals surface area contributed by atoms with Crippen molar-refractivity contribution in [2.75, 3.05) is 13.2 Å². The molecule has 0 spiro atoms. The number of ether oxygens (including phenoxy) is 1. The van der Waals surface area contributed by atoms with E-state index in [1.54, 1.807) is 6.20 Å². The third-order valence-corrected chi connectivity index (χ3v) is 5.69. The Hall–Kier alpha value is -3.88. The van der Waals surface area contributed by atoms with E-state index >= 15 is 0 Å². The fraction of sp³-hybridized carbons (Fsp3) is 0.120. The number of aromatic amines is 1. The highest BCUT2D eigenvalue weighted by molar-refractivity contribution is 7.09. The summed E-state index contributed by atoms with van der Waals surface area (Å²) in [6.45, 7) is 4.65. The van der Waals surface area contributed by atoms with Gasteiger partial charge in [0.2, 0.25) is 5.88 Å². The Morgan fingerprint density at radius 3 is 2.52 bits per heavy atom. The van der Waals surface area contributed by atoms with Gasteiger partial charge in [0.1, 0.15) is 19.0 Å². The van der Waals surface area contributed by atoms with Crippen LogP contribution in [0.4, 0.5) is 0 Å². The summed E-state index contributed by atoms with van der Waals surface area (Å²) in [7, 11) is 0. The molecular weight excluding hydrogens is 438 g/mol. The third kappa shape index (κ3) is 6.09. The molecule has 168 valence electrons. The van der Waals surface area contributed by atoms with Crippen LogP contribution in [0.3, 0.4) is 0 Å². The Morgan fingerprint density at radius 2 is 1.85 bits per heavy atom. The predicted octanol–water partition coefficient (Wildman–Crippen LogP) is 4.37. The van der Waals surface area contributed by atoms with E-state index in [9.17, 15) is 9.90 Å². The minimum Gasteiger partial charge on any atom is -0.494 e. The van der Waals surface area contributed by atoms with E-state index in [0.717, 1.165) is 33.7 Å². The largest absolute Gasteiger partial charge is 0.494 e. The number of hydroxylamine groups is 1. The van der Waals surface area contributed by atoms with Crippen molar-refractivity contribution in [1.29, 1.82) is 0 Å². The minimum atomic E-state index is -0.265. The summed E-state index contributed by atoms with van der Waals surface area (Å²) in [5.74, 6) is 0.632. The van der Waals surface area contributed by atoms with Gasteiger partial charge in [-0.05, 0) is 29.8 Å². The zero-order valence-corrected chi connectivity index (χ0v) is 18.6. The molecule has 0 bridgehead atoms. The molecule has 2 aromatic carbocycles. The van der Waals surface area contributed by atoms with E-state index in [1.165, 1.54) is 0 Å². The highest BCUT2D eigenvalue weighted by Crippen LogP contribution is 2.22. The molecule has 2 aromatic heterocycles. The van der Waals surface area contributed by atoms with E-state index < -0.39 is 0 Å². The minimum absolute atomic E-state index is 0.0699. The monoisotopic (exact) mass is 461 g/mol. The Kier molecular flexibility index (Phi) is 7.19. The summed E-state index contributed by atoms with van der Waals surface area (Å²) in [6.07, 6.45) is 2.23. The molecule has 4 aromatic rings. The standard InChI is InChI=1S/C25H23N3O4S/c1-17(20-9-12-22(26-16-20)19-5-3-2-4-6-19)28-32-14-13-31-21-10-7-18(8-11-21)15-23-24(29)27-25(30)33-23/h2-12,16,28-29H,1,13-15H2,(H,27,30). The lowest BCUT2D eigenvalue weighted by molar-refractivity contribution is 0.0541. The van der Waals surface area contributed by atoms with E-state index in [1.807, 2.05) is 66.7 Å². The lowest BCUT2D eigenvalue weighted by Gasteiger charge is -2.11. The predicted molar refractivity (Wildman–Crippen MR) is 129 cm³/mol. The quantitative estimate of drug-likeness (QED) is 0.240. The maximum Gasteiger partial charge on any atom is 0.307 e. The second-order valence-electron chi connectivity index (χ2n) is 7.18. The number of rotatable bonds is 10. The molecule has 2 heterocycles. The van der Waals surface area contributed by atoms with Crippen LogP contribution in [0.1, 0.15) is 16.0 Å². The van der Waals surface area contributed by atoms with Crippen molar-refractivity contribution >= 4 is 17.0 Å². The van der Waals surface area contributed by atoms with E-state index in [-0.39, 0.29) is 10.8 Å². The highest BCUT2D eigenvalue weighted by Gasteiger charge is 2.08. The van der Waals surface area contributed by atoms with E-state index in [0.29, 0.717) is 36.0 Å². The van der Waals surface area contributed by atoms with Gasteiger partial charge in [0, 0.05) is 23.7 Å². The molecule has 8 heteroatoms. The molecule has 3 N–H and O–H groups in total. The van der Waals surface area contributed by atoms with Gasteiger partial charge >= 0.3 is 4.87 Å². The van der Waals surface area contributed by atoms with Crippen LogP contribution >= 0.6 is 11.3 Å². The second-order valence-corrected chi connectivity index (χ2v) is 8.25. The summed E-state index contributed by atoms with van der Waals surface area (Å²) >= 11 is 1.01. The third-order valence-electron chi connectivity index (χ3n) is 4.82. The summed E-state index contributed by atoms with van der Waals surface area (Å²) in [6, 6.07) is 21.3. The van der Waals surface area contributed by atoms with Crippen molar-refractivity contribution in [3.05, 3.63) is 105 Å². The summed E-state index contributed by atoms with van der Waals surface area (Å²) < 4.78 is 5.68. The van der Waals surface area contributed by atoms with Crippen LogP contribution < -0.4 is 15.1 Å². The number of hydrogen-bond acceptors (Lipinski definition) is 7. The van der Waals surface area contributed by atoms with Crippen LogP contribution in [0.2, 0.25) is 0 Å². The lowest BCUT2D eigenvalue weighted by atomic mass is 10.1. The van der Waals surface area contributed by atoms with Gasteiger partial charge in [-0.1, -0.05) is 60.4 Å². The number of benzene rings is 2. The fourth-order valence-electron chi connectivity index (χ4n) is 3.11. The maximum atomic E-state index is 11.3.